The number of rotatable bonds is 3. The second-order valence-corrected chi connectivity index (χ2v) is 9.30. The van der Waals surface area contributed by atoms with Crippen LogP contribution in [0.25, 0.3) is 11.1 Å². The Morgan fingerprint density at radius 3 is 2.42 bits per heavy atom. The van der Waals surface area contributed by atoms with Crippen molar-refractivity contribution in [1.82, 2.24) is 9.78 Å². The van der Waals surface area contributed by atoms with Crippen molar-refractivity contribution in [3.63, 3.8) is 0 Å². The number of nitrogens with one attached hydrogen (secondary N) is 1. The van der Waals surface area contributed by atoms with Crippen LogP contribution in [-0.2, 0) is 4.79 Å². The van der Waals surface area contributed by atoms with Crippen LogP contribution in [-0.4, -0.2) is 15.6 Å². The van der Waals surface area contributed by atoms with E-state index in [1.165, 1.54) is 5.56 Å². The average molecular weight is 412 g/mol. The summed E-state index contributed by atoms with van der Waals surface area (Å²) in [6.45, 7) is 8.61. The molecule has 4 nitrogen and oxygen atoms in total. The third kappa shape index (κ3) is 3.31. The van der Waals surface area contributed by atoms with Crippen molar-refractivity contribution in [2.75, 3.05) is 5.32 Å². The Labute approximate surface area is 184 Å². The minimum Gasteiger partial charge on any atom is -0.343 e. The van der Waals surface area contributed by atoms with Gasteiger partial charge in [-0.05, 0) is 41.9 Å². The number of hydrogen-bond acceptors (Lipinski definition) is 3. The van der Waals surface area contributed by atoms with Crippen molar-refractivity contribution in [2.45, 2.75) is 52.5 Å². The van der Waals surface area contributed by atoms with Gasteiger partial charge in [0, 0.05) is 23.3 Å². The number of carbonyl (C=O) groups is 1. The summed E-state index contributed by atoms with van der Waals surface area (Å²) in [6, 6.07) is 18.9. The predicted molar refractivity (Wildman–Crippen MR) is 125 cm³/mol. The van der Waals surface area contributed by atoms with E-state index in [4.69, 9.17) is 5.10 Å². The third-order valence-corrected chi connectivity index (χ3v) is 6.57. The molecule has 3 aromatic rings. The summed E-state index contributed by atoms with van der Waals surface area (Å²) in [5, 5.41) is 8.59. The largest absolute Gasteiger partial charge is 0.343 e. The first-order valence-corrected chi connectivity index (χ1v) is 11.2. The zero-order valence-corrected chi connectivity index (χ0v) is 18.6. The Hall–Kier alpha value is -3.14. The minimum atomic E-state index is -0.191. The van der Waals surface area contributed by atoms with E-state index in [1.807, 2.05) is 10.7 Å². The lowest BCUT2D eigenvalue weighted by Gasteiger charge is -2.35. The van der Waals surface area contributed by atoms with Gasteiger partial charge in [-0.3, -0.25) is 4.79 Å². The first kappa shape index (κ1) is 19.8. The zero-order valence-electron chi connectivity index (χ0n) is 18.6. The maximum Gasteiger partial charge on any atom is 0.163 e. The number of aryl methyl sites for hydroxylation is 1. The van der Waals surface area contributed by atoms with E-state index in [1.54, 1.807) is 0 Å². The molecule has 5 rings (SSSR count). The molecule has 4 heteroatoms. The lowest BCUT2D eigenvalue weighted by atomic mass is 9.81. The van der Waals surface area contributed by atoms with Crippen molar-refractivity contribution >= 4 is 11.6 Å². The number of aromatic nitrogens is 2. The molecule has 0 bridgehead atoms. The van der Waals surface area contributed by atoms with Crippen molar-refractivity contribution in [2.24, 2.45) is 5.92 Å². The van der Waals surface area contributed by atoms with E-state index in [-0.39, 0.29) is 11.8 Å². The molecular formula is C27H29N3O. The molecular weight excluding hydrogens is 382 g/mol. The van der Waals surface area contributed by atoms with Crippen molar-refractivity contribution < 1.29 is 4.79 Å². The van der Waals surface area contributed by atoms with Gasteiger partial charge in [-0.2, -0.15) is 5.10 Å². The molecule has 0 saturated heterocycles. The maximum atomic E-state index is 13.2. The Morgan fingerprint density at radius 2 is 1.74 bits per heavy atom. The fourth-order valence-corrected chi connectivity index (χ4v) is 5.00. The van der Waals surface area contributed by atoms with Crippen LogP contribution in [0.5, 0.6) is 0 Å². The number of anilines is 1. The summed E-state index contributed by atoms with van der Waals surface area (Å²) in [7, 11) is 0. The van der Waals surface area contributed by atoms with E-state index in [2.05, 4.69) is 81.5 Å². The second-order valence-electron chi connectivity index (χ2n) is 9.30. The SMILES string of the molecule is Cc1nn2c(c1-c1ccccc1)NC1=C(C(=O)C[C@@H](C)C1)[C@@H]2c1ccc(C(C)C)cc1. The molecule has 2 heterocycles. The summed E-state index contributed by atoms with van der Waals surface area (Å²) >= 11 is 0. The summed E-state index contributed by atoms with van der Waals surface area (Å²) in [6.07, 6.45) is 1.49. The van der Waals surface area contributed by atoms with Gasteiger partial charge in [0.25, 0.3) is 0 Å². The molecule has 0 amide bonds. The summed E-state index contributed by atoms with van der Waals surface area (Å²) < 4.78 is 2.04. The van der Waals surface area contributed by atoms with Gasteiger partial charge >= 0.3 is 0 Å². The summed E-state index contributed by atoms with van der Waals surface area (Å²) in [4.78, 5) is 13.2. The molecule has 0 unspecified atom stereocenters. The van der Waals surface area contributed by atoms with Crippen molar-refractivity contribution in [3.8, 4) is 11.1 Å². The number of carbonyl (C=O) groups excluding carboxylic acids is 1. The van der Waals surface area contributed by atoms with Crippen LogP contribution in [0.3, 0.4) is 0 Å². The highest BCUT2D eigenvalue weighted by molar-refractivity contribution is 6.00. The third-order valence-electron chi connectivity index (χ3n) is 6.57. The Balaban J connectivity index is 1.71. The van der Waals surface area contributed by atoms with Crippen LogP contribution < -0.4 is 5.32 Å². The van der Waals surface area contributed by atoms with Gasteiger partial charge in [-0.1, -0.05) is 75.4 Å². The normalized spacial score (nSPS) is 20.5. The van der Waals surface area contributed by atoms with Crippen LogP contribution in [0.15, 0.2) is 65.9 Å². The van der Waals surface area contributed by atoms with Crippen LogP contribution in [0.1, 0.15) is 62.4 Å². The van der Waals surface area contributed by atoms with Gasteiger partial charge in [0.05, 0.1) is 5.69 Å². The molecule has 2 aromatic carbocycles. The molecule has 1 aliphatic heterocycles. The Morgan fingerprint density at radius 1 is 1.03 bits per heavy atom. The lowest BCUT2D eigenvalue weighted by molar-refractivity contribution is -0.117. The Kier molecular flexibility index (Phi) is 4.81. The summed E-state index contributed by atoms with van der Waals surface area (Å²) in [5.74, 6) is 2.04. The number of ketones is 1. The van der Waals surface area contributed by atoms with Crippen molar-refractivity contribution in [3.05, 3.63) is 82.7 Å². The molecule has 0 radical (unpaired) electrons. The van der Waals surface area contributed by atoms with E-state index in [9.17, 15) is 4.79 Å². The molecule has 2 atom stereocenters. The van der Waals surface area contributed by atoms with E-state index in [0.717, 1.165) is 45.9 Å². The molecule has 0 fully saturated rings. The van der Waals surface area contributed by atoms with Crippen LogP contribution in [0, 0.1) is 12.8 Å². The highest BCUT2D eigenvalue weighted by Gasteiger charge is 2.39. The smallest absolute Gasteiger partial charge is 0.163 e. The van der Waals surface area contributed by atoms with Gasteiger partial charge in [-0.25, -0.2) is 4.68 Å². The van der Waals surface area contributed by atoms with Crippen LogP contribution in [0.4, 0.5) is 5.82 Å². The number of allylic oxidation sites excluding steroid dienone is 2. The van der Waals surface area contributed by atoms with Crippen LogP contribution >= 0.6 is 0 Å². The van der Waals surface area contributed by atoms with Gasteiger partial charge in [0.2, 0.25) is 0 Å². The maximum absolute atomic E-state index is 13.2. The molecule has 158 valence electrons. The fourth-order valence-electron chi connectivity index (χ4n) is 5.00. The van der Waals surface area contributed by atoms with Crippen molar-refractivity contribution in [1.29, 1.82) is 0 Å². The second kappa shape index (κ2) is 7.52. The van der Waals surface area contributed by atoms with Gasteiger partial charge in [-0.15, -0.1) is 0 Å². The molecule has 31 heavy (non-hydrogen) atoms. The standard InChI is InChI=1S/C27H29N3O/c1-16(2)19-10-12-21(13-11-19)26-25-22(14-17(3)15-23(25)31)28-27-24(18(4)29-30(26)27)20-8-6-5-7-9-20/h5-13,16-17,26,28H,14-15H2,1-4H3/t17-,26-/m0/s1. The Bertz CT molecular complexity index is 1170. The molecule has 1 N–H and O–H groups in total. The molecule has 0 saturated carbocycles. The number of benzene rings is 2. The van der Waals surface area contributed by atoms with Crippen LogP contribution in [0.2, 0.25) is 0 Å². The van der Waals surface area contributed by atoms with E-state index >= 15 is 0 Å². The molecule has 1 aromatic heterocycles. The summed E-state index contributed by atoms with van der Waals surface area (Å²) in [5.41, 5.74) is 7.58. The molecule has 1 aliphatic carbocycles. The molecule has 2 aliphatic rings. The first-order chi connectivity index (χ1) is 14.9. The minimum absolute atomic E-state index is 0.191. The number of fused-ring (bicyclic) bond motifs is 1. The monoisotopic (exact) mass is 411 g/mol. The topological polar surface area (TPSA) is 46.9 Å². The highest BCUT2D eigenvalue weighted by atomic mass is 16.1. The predicted octanol–water partition coefficient (Wildman–Crippen LogP) is 6.25. The molecule has 0 spiro atoms. The lowest BCUT2D eigenvalue weighted by Crippen LogP contribution is -2.33. The van der Waals surface area contributed by atoms with Gasteiger partial charge in [0.15, 0.2) is 5.78 Å². The average Bonchev–Trinajstić information content (AvgIpc) is 3.08. The number of nitrogens with zero attached hydrogens (tertiary/aromatic N) is 2. The van der Waals surface area contributed by atoms with E-state index < -0.39 is 0 Å². The highest BCUT2D eigenvalue weighted by Crippen LogP contribution is 2.45. The fraction of sp³-hybridized carbons (Fsp3) is 0.333. The number of Topliss-reactive ketones (excluding diaryl/α,β-unsaturated/α-hetero) is 1. The van der Waals surface area contributed by atoms with Gasteiger partial charge < -0.3 is 5.32 Å². The first-order valence-electron chi connectivity index (χ1n) is 11.2. The zero-order chi connectivity index (χ0) is 21.7. The number of hydrogen-bond donors (Lipinski definition) is 1. The van der Waals surface area contributed by atoms with Gasteiger partial charge in [0.1, 0.15) is 11.9 Å². The van der Waals surface area contributed by atoms with E-state index in [0.29, 0.717) is 18.3 Å². The quantitative estimate of drug-likeness (QED) is 0.554.